The number of halogens is 1. The number of carbonyl (C=O) groups is 3. The van der Waals surface area contributed by atoms with Crippen molar-refractivity contribution in [3.8, 4) is 0 Å². The van der Waals surface area contributed by atoms with E-state index < -0.39 is 59.9 Å². The van der Waals surface area contributed by atoms with Gasteiger partial charge in [0.1, 0.15) is 0 Å². The molecule has 3 rings (SSSR count). The second-order valence-electron chi connectivity index (χ2n) is 8.14. The first kappa shape index (κ1) is 26.8. The maximum atomic E-state index is 14.8. The highest BCUT2D eigenvalue weighted by molar-refractivity contribution is 5.89. The lowest BCUT2D eigenvalue weighted by molar-refractivity contribution is -0.156. The Balaban J connectivity index is 1.80. The largest absolute Gasteiger partial charge is 0.454 e. The van der Waals surface area contributed by atoms with E-state index >= 15 is 0 Å². The van der Waals surface area contributed by atoms with Crippen LogP contribution >= 0.6 is 0 Å². The van der Waals surface area contributed by atoms with Crippen molar-refractivity contribution < 1.29 is 37.7 Å². The fourth-order valence-corrected chi connectivity index (χ4v) is 3.64. The van der Waals surface area contributed by atoms with E-state index in [1.165, 1.54) is 0 Å². The van der Waals surface area contributed by atoms with E-state index in [4.69, 9.17) is 18.9 Å². The SMILES string of the molecule is CCCCCOC(=O)Nc1nc(=O)n([C@@H]2O[C@H](C)[C@@H](OC(=O)c3ccccc3)[C@H]2OC(C)=O)cc1F. The van der Waals surface area contributed by atoms with Gasteiger partial charge in [-0.3, -0.25) is 14.7 Å². The molecule has 0 aliphatic carbocycles. The average Bonchev–Trinajstić information content (AvgIpc) is 3.13. The first-order chi connectivity index (χ1) is 17.2. The number of nitrogens with one attached hydrogen (secondary N) is 1. The maximum Gasteiger partial charge on any atom is 0.412 e. The van der Waals surface area contributed by atoms with Crippen molar-refractivity contribution in [1.29, 1.82) is 0 Å². The van der Waals surface area contributed by atoms with Crippen LogP contribution in [0, 0.1) is 5.82 Å². The summed E-state index contributed by atoms with van der Waals surface area (Å²) in [5.41, 5.74) is -0.737. The Morgan fingerprint density at radius 3 is 2.53 bits per heavy atom. The number of rotatable bonds is 9. The lowest BCUT2D eigenvalue weighted by Gasteiger charge is -2.24. The lowest BCUT2D eigenvalue weighted by Crippen LogP contribution is -2.41. The van der Waals surface area contributed by atoms with Crippen LogP contribution in [0.3, 0.4) is 0 Å². The summed E-state index contributed by atoms with van der Waals surface area (Å²) in [6.45, 7) is 4.82. The molecule has 1 amide bonds. The molecule has 1 N–H and O–H groups in total. The molecule has 0 radical (unpaired) electrons. The minimum atomic E-state index is -1.35. The normalized spacial score (nSPS) is 21.0. The van der Waals surface area contributed by atoms with Crippen molar-refractivity contribution in [2.24, 2.45) is 0 Å². The number of hydrogen-bond acceptors (Lipinski definition) is 9. The lowest BCUT2D eigenvalue weighted by atomic mass is 10.1. The smallest absolute Gasteiger partial charge is 0.412 e. The van der Waals surface area contributed by atoms with Crippen LogP contribution in [0.4, 0.5) is 15.0 Å². The molecule has 2 heterocycles. The van der Waals surface area contributed by atoms with Crippen LogP contribution in [0.5, 0.6) is 0 Å². The van der Waals surface area contributed by atoms with Crippen LogP contribution in [0.1, 0.15) is 56.6 Å². The van der Waals surface area contributed by atoms with Gasteiger partial charge in [-0.1, -0.05) is 38.0 Å². The van der Waals surface area contributed by atoms with E-state index in [0.29, 0.717) is 6.42 Å². The summed E-state index contributed by atoms with van der Waals surface area (Å²) in [6, 6.07) is 8.13. The number of ether oxygens (including phenoxy) is 4. The van der Waals surface area contributed by atoms with Crippen LogP contribution in [0.15, 0.2) is 41.3 Å². The summed E-state index contributed by atoms with van der Waals surface area (Å²) in [7, 11) is 0. The summed E-state index contributed by atoms with van der Waals surface area (Å²) in [4.78, 5) is 52.5. The fourth-order valence-electron chi connectivity index (χ4n) is 3.64. The zero-order chi connectivity index (χ0) is 26.2. The van der Waals surface area contributed by atoms with Gasteiger partial charge in [-0.05, 0) is 25.5 Å². The number of nitrogens with zero attached hydrogens (tertiary/aromatic N) is 2. The molecule has 4 atom stereocenters. The highest BCUT2D eigenvalue weighted by atomic mass is 19.1. The minimum Gasteiger partial charge on any atom is -0.454 e. The van der Waals surface area contributed by atoms with Gasteiger partial charge in [-0.2, -0.15) is 4.98 Å². The van der Waals surface area contributed by atoms with E-state index in [0.717, 1.165) is 30.5 Å². The van der Waals surface area contributed by atoms with Crippen molar-refractivity contribution in [2.45, 2.75) is 64.6 Å². The van der Waals surface area contributed by atoms with Gasteiger partial charge >= 0.3 is 23.7 Å². The Morgan fingerprint density at radius 1 is 1.14 bits per heavy atom. The van der Waals surface area contributed by atoms with Gasteiger partial charge in [-0.15, -0.1) is 0 Å². The molecular weight excluding hydrogens is 477 g/mol. The van der Waals surface area contributed by atoms with E-state index in [1.807, 2.05) is 6.92 Å². The van der Waals surface area contributed by atoms with Gasteiger partial charge in [0, 0.05) is 6.92 Å². The molecule has 1 aromatic carbocycles. The molecule has 2 aromatic rings. The third-order valence-electron chi connectivity index (χ3n) is 5.36. The van der Waals surface area contributed by atoms with Gasteiger partial charge in [0.25, 0.3) is 0 Å². The zero-order valence-electron chi connectivity index (χ0n) is 20.1. The van der Waals surface area contributed by atoms with Crippen LogP contribution in [0.2, 0.25) is 0 Å². The van der Waals surface area contributed by atoms with Crippen LogP contribution in [-0.2, 0) is 23.7 Å². The molecule has 1 fully saturated rings. The fraction of sp³-hybridized carbons (Fsp3) is 0.458. The molecule has 12 heteroatoms. The molecule has 1 saturated heterocycles. The number of carbonyl (C=O) groups excluding carboxylic acids is 3. The highest BCUT2D eigenvalue weighted by Gasteiger charge is 2.49. The van der Waals surface area contributed by atoms with E-state index in [1.54, 1.807) is 37.3 Å². The molecule has 0 unspecified atom stereocenters. The van der Waals surface area contributed by atoms with Gasteiger partial charge in [0.2, 0.25) is 0 Å². The zero-order valence-corrected chi connectivity index (χ0v) is 20.1. The molecule has 1 aromatic heterocycles. The number of amides is 1. The summed E-state index contributed by atoms with van der Waals surface area (Å²) in [5, 5.41) is 2.09. The third-order valence-corrected chi connectivity index (χ3v) is 5.36. The molecular formula is C24H28FN3O8. The molecule has 1 aliphatic rings. The van der Waals surface area contributed by atoms with Crippen molar-refractivity contribution >= 4 is 23.8 Å². The predicted molar refractivity (Wildman–Crippen MR) is 124 cm³/mol. The average molecular weight is 505 g/mol. The Morgan fingerprint density at radius 2 is 1.86 bits per heavy atom. The molecule has 0 saturated carbocycles. The van der Waals surface area contributed by atoms with E-state index in [-0.39, 0.29) is 12.2 Å². The van der Waals surface area contributed by atoms with Crippen molar-refractivity contribution in [3.63, 3.8) is 0 Å². The van der Waals surface area contributed by atoms with Gasteiger partial charge in [-0.25, -0.2) is 18.8 Å². The topological polar surface area (TPSA) is 135 Å². The Hall–Kier alpha value is -3.80. The Labute approximate surface area is 206 Å². The van der Waals surface area contributed by atoms with Gasteiger partial charge < -0.3 is 18.9 Å². The number of benzene rings is 1. The second kappa shape index (κ2) is 12.2. The molecule has 36 heavy (non-hydrogen) atoms. The Bertz CT molecular complexity index is 1140. The van der Waals surface area contributed by atoms with Crippen molar-refractivity contribution in [2.75, 3.05) is 11.9 Å². The van der Waals surface area contributed by atoms with E-state index in [9.17, 15) is 23.6 Å². The molecule has 0 spiro atoms. The molecule has 11 nitrogen and oxygen atoms in total. The number of anilines is 1. The van der Waals surface area contributed by atoms with Crippen LogP contribution < -0.4 is 11.0 Å². The summed E-state index contributed by atoms with van der Waals surface area (Å²) in [5.74, 6) is -3.10. The molecule has 1 aliphatic heterocycles. The van der Waals surface area contributed by atoms with Crippen molar-refractivity contribution in [1.82, 2.24) is 9.55 Å². The number of aromatic nitrogens is 2. The first-order valence-corrected chi connectivity index (χ1v) is 11.5. The predicted octanol–water partition coefficient (Wildman–Crippen LogP) is 3.20. The quantitative estimate of drug-likeness (QED) is 0.310. The number of unbranched alkanes of at least 4 members (excludes halogenated alkanes) is 2. The number of esters is 2. The maximum absolute atomic E-state index is 14.8. The Kier molecular flexibility index (Phi) is 9.12. The molecule has 194 valence electrons. The third kappa shape index (κ3) is 6.66. The summed E-state index contributed by atoms with van der Waals surface area (Å²) in [6.07, 6.45) is -2.29. The second-order valence-corrected chi connectivity index (χ2v) is 8.14. The monoisotopic (exact) mass is 505 g/mol. The van der Waals surface area contributed by atoms with Gasteiger partial charge in [0.05, 0.1) is 24.5 Å². The van der Waals surface area contributed by atoms with Crippen molar-refractivity contribution in [3.05, 3.63) is 58.4 Å². The highest BCUT2D eigenvalue weighted by Crippen LogP contribution is 2.34. The standard InChI is InChI=1S/C24H28FN3O8/c1-4-5-9-12-33-24(32)27-20-17(25)13-28(23(31)26-20)21-19(35-15(3)29)18(14(2)34-21)36-22(30)16-10-7-6-8-11-16/h6-8,10-11,13-14,18-19,21H,4-5,9,12H2,1-3H3,(H,26,27,31,32)/t14-,18-,19-,21-/m1/s1. The van der Waals surface area contributed by atoms with Crippen LogP contribution in [-0.4, -0.2) is 52.5 Å². The first-order valence-electron chi connectivity index (χ1n) is 11.5. The summed E-state index contributed by atoms with van der Waals surface area (Å²) >= 11 is 0. The number of hydrogen-bond donors (Lipinski definition) is 1. The van der Waals surface area contributed by atoms with E-state index in [2.05, 4.69) is 10.3 Å². The van der Waals surface area contributed by atoms with Crippen LogP contribution in [0.25, 0.3) is 0 Å². The van der Waals surface area contributed by atoms with Gasteiger partial charge in [0.15, 0.2) is 30.1 Å². The summed E-state index contributed by atoms with van der Waals surface area (Å²) < 4.78 is 37.0. The minimum absolute atomic E-state index is 0.138. The molecule has 0 bridgehead atoms.